The first kappa shape index (κ1) is 19.8. The Morgan fingerprint density at radius 1 is 1.23 bits per heavy atom. The summed E-state index contributed by atoms with van der Waals surface area (Å²) in [4.78, 5) is 12.3. The highest BCUT2D eigenvalue weighted by molar-refractivity contribution is 6.44. The Bertz CT molecular complexity index is 840. The van der Waals surface area contributed by atoms with Crippen LogP contribution in [0.4, 0.5) is 5.69 Å². The fraction of sp³-hybridized carbons (Fsp3) is 0.200. The van der Waals surface area contributed by atoms with Crippen LogP contribution in [0.5, 0.6) is 5.75 Å². The second-order valence-electron chi connectivity index (χ2n) is 5.50. The van der Waals surface area contributed by atoms with Crippen LogP contribution in [0.2, 0.25) is 10.0 Å². The number of benzene rings is 2. The van der Waals surface area contributed by atoms with Gasteiger partial charge in [-0.15, -0.1) is 0 Å². The minimum absolute atomic E-state index is 0.0410. The first-order valence-corrected chi connectivity index (χ1v) is 8.90. The van der Waals surface area contributed by atoms with Crippen LogP contribution in [-0.4, -0.2) is 12.5 Å². The van der Waals surface area contributed by atoms with Crippen LogP contribution in [0, 0.1) is 11.3 Å². The summed E-state index contributed by atoms with van der Waals surface area (Å²) in [6, 6.07) is 14.0. The lowest BCUT2D eigenvalue weighted by Crippen LogP contribution is -2.13. The number of nitrogens with one attached hydrogen (secondary N) is 1. The molecule has 0 atom stereocenters. The summed E-state index contributed by atoms with van der Waals surface area (Å²) in [6.45, 7) is 2.76. The topological polar surface area (TPSA) is 62.1 Å². The second kappa shape index (κ2) is 9.86. The number of ether oxygens (including phenoxy) is 1. The first-order valence-electron chi connectivity index (χ1n) is 8.15. The molecule has 2 aromatic rings. The third-order valence-corrected chi connectivity index (χ3v) is 4.34. The van der Waals surface area contributed by atoms with Gasteiger partial charge in [0.25, 0.3) is 5.91 Å². The molecule has 134 valence electrons. The number of nitrogens with zero attached hydrogens (tertiary/aromatic N) is 1. The van der Waals surface area contributed by atoms with E-state index in [4.69, 9.17) is 27.9 Å². The molecule has 0 spiro atoms. The van der Waals surface area contributed by atoms with Crippen LogP contribution in [0.25, 0.3) is 6.08 Å². The lowest BCUT2D eigenvalue weighted by Gasteiger charge is -2.08. The Morgan fingerprint density at radius 3 is 2.62 bits per heavy atom. The molecule has 0 aromatic heterocycles. The molecule has 2 aromatic carbocycles. The molecule has 6 heteroatoms. The maximum absolute atomic E-state index is 12.3. The number of rotatable bonds is 7. The third-order valence-electron chi connectivity index (χ3n) is 3.52. The highest BCUT2D eigenvalue weighted by atomic mass is 35.5. The molecule has 0 fully saturated rings. The van der Waals surface area contributed by atoms with Crippen LogP contribution in [0.15, 0.2) is 48.0 Å². The van der Waals surface area contributed by atoms with Gasteiger partial charge in [0.05, 0.1) is 22.3 Å². The van der Waals surface area contributed by atoms with Gasteiger partial charge in [-0.3, -0.25) is 4.79 Å². The molecule has 0 radical (unpaired) electrons. The second-order valence-corrected chi connectivity index (χ2v) is 6.28. The number of hydrogen-bond acceptors (Lipinski definition) is 3. The maximum atomic E-state index is 12.3. The average Bonchev–Trinajstić information content (AvgIpc) is 2.65. The number of carbonyl (C=O) groups excluding carboxylic acids is 1. The number of hydrogen-bond donors (Lipinski definition) is 1. The molecule has 0 bridgehead atoms. The normalized spacial score (nSPS) is 10.9. The number of carbonyl (C=O) groups is 1. The van der Waals surface area contributed by atoms with Gasteiger partial charge in [0.2, 0.25) is 0 Å². The van der Waals surface area contributed by atoms with E-state index in [2.05, 4.69) is 12.2 Å². The number of nitriles is 1. The molecule has 2 rings (SSSR count). The van der Waals surface area contributed by atoms with Crippen molar-refractivity contribution in [2.45, 2.75) is 19.8 Å². The number of anilines is 1. The van der Waals surface area contributed by atoms with Crippen molar-refractivity contribution in [2.75, 3.05) is 11.9 Å². The number of amides is 1. The molecular weight excluding hydrogens is 371 g/mol. The fourth-order valence-corrected chi connectivity index (χ4v) is 2.45. The minimum Gasteiger partial charge on any atom is -0.494 e. The summed E-state index contributed by atoms with van der Waals surface area (Å²) >= 11 is 12.0. The number of halogens is 2. The van der Waals surface area contributed by atoms with E-state index in [9.17, 15) is 10.1 Å². The van der Waals surface area contributed by atoms with Gasteiger partial charge in [-0.25, -0.2) is 0 Å². The van der Waals surface area contributed by atoms with Gasteiger partial charge in [0.1, 0.15) is 17.4 Å². The third kappa shape index (κ3) is 5.52. The van der Waals surface area contributed by atoms with Crippen molar-refractivity contribution in [2.24, 2.45) is 0 Å². The van der Waals surface area contributed by atoms with Crippen molar-refractivity contribution >= 4 is 40.9 Å². The zero-order chi connectivity index (χ0) is 18.9. The Hall–Kier alpha value is -2.48. The van der Waals surface area contributed by atoms with E-state index >= 15 is 0 Å². The van der Waals surface area contributed by atoms with Gasteiger partial charge in [-0.05, 0) is 42.3 Å². The van der Waals surface area contributed by atoms with Crippen molar-refractivity contribution in [3.05, 3.63) is 63.6 Å². The van der Waals surface area contributed by atoms with Gasteiger partial charge in [0.15, 0.2) is 0 Å². The summed E-state index contributed by atoms with van der Waals surface area (Å²) in [5.74, 6) is 0.198. The van der Waals surface area contributed by atoms with E-state index in [1.54, 1.807) is 30.3 Å². The van der Waals surface area contributed by atoms with Gasteiger partial charge >= 0.3 is 0 Å². The zero-order valence-corrected chi connectivity index (χ0v) is 15.8. The van der Waals surface area contributed by atoms with Gasteiger partial charge in [0, 0.05) is 0 Å². The van der Waals surface area contributed by atoms with E-state index in [1.807, 2.05) is 18.2 Å². The van der Waals surface area contributed by atoms with Crippen molar-refractivity contribution < 1.29 is 9.53 Å². The smallest absolute Gasteiger partial charge is 0.266 e. The van der Waals surface area contributed by atoms with Crippen LogP contribution in [-0.2, 0) is 4.79 Å². The molecule has 26 heavy (non-hydrogen) atoms. The van der Waals surface area contributed by atoms with Crippen molar-refractivity contribution in [3.63, 3.8) is 0 Å². The highest BCUT2D eigenvalue weighted by Crippen LogP contribution is 2.29. The Balaban J connectivity index is 2.10. The highest BCUT2D eigenvalue weighted by Gasteiger charge is 2.12. The Kier molecular flexibility index (Phi) is 7.53. The first-order chi connectivity index (χ1) is 12.5. The molecule has 0 saturated heterocycles. The fourth-order valence-electron chi connectivity index (χ4n) is 2.10. The lowest BCUT2D eigenvalue weighted by molar-refractivity contribution is -0.112. The van der Waals surface area contributed by atoms with E-state index < -0.39 is 5.91 Å². The summed E-state index contributed by atoms with van der Waals surface area (Å²) in [5, 5.41) is 12.4. The van der Waals surface area contributed by atoms with Gasteiger partial charge < -0.3 is 10.1 Å². The molecule has 0 aliphatic carbocycles. The zero-order valence-electron chi connectivity index (χ0n) is 14.3. The summed E-state index contributed by atoms with van der Waals surface area (Å²) in [6.07, 6.45) is 3.56. The van der Waals surface area contributed by atoms with E-state index in [0.717, 1.165) is 24.2 Å². The van der Waals surface area contributed by atoms with Crippen molar-refractivity contribution in [1.29, 1.82) is 5.26 Å². The van der Waals surface area contributed by atoms with E-state index in [0.29, 0.717) is 17.3 Å². The van der Waals surface area contributed by atoms with E-state index in [1.165, 1.54) is 6.08 Å². The maximum Gasteiger partial charge on any atom is 0.266 e. The molecule has 0 saturated carbocycles. The molecular formula is C20H18Cl2N2O2. The van der Waals surface area contributed by atoms with Gasteiger partial charge in [-0.2, -0.15) is 5.26 Å². The van der Waals surface area contributed by atoms with Crippen LogP contribution in [0.1, 0.15) is 25.3 Å². The minimum atomic E-state index is -0.556. The summed E-state index contributed by atoms with van der Waals surface area (Å²) in [7, 11) is 0. The standard InChI is InChI=1S/C20H18Cl2N2O2/c1-2-3-11-26-16-9-7-14(8-10-16)12-15(13-23)20(25)24-18-6-4-5-17(21)19(18)22/h4-10,12H,2-3,11H2,1H3,(H,24,25)/b15-12+. The van der Waals surface area contributed by atoms with Crippen LogP contribution in [0.3, 0.4) is 0 Å². The average molecular weight is 389 g/mol. The van der Waals surface area contributed by atoms with Crippen LogP contribution >= 0.6 is 23.2 Å². The summed E-state index contributed by atoms with van der Waals surface area (Å²) < 4.78 is 5.59. The van der Waals surface area contributed by atoms with Crippen molar-refractivity contribution in [3.8, 4) is 11.8 Å². The Morgan fingerprint density at radius 2 is 1.96 bits per heavy atom. The molecule has 4 nitrogen and oxygen atoms in total. The lowest BCUT2D eigenvalue weighted by atomic mass is 10.1. The molecule has 1 N–H and O–H groups in total. The molecule has 0 unspecified atom stereocenters. The Labute approximate surface area is 163 Å². The molecule has 0 heterocycles. The predicted molar refractivity (Wildman–Crippen MR) is 106 cm³/mol. The number of unbranched alkanes of at least 4 members (excludes halogenated alkanes) is 1. The van der Waals surface area contributed by atoms with Gasteiger partial charge in [-0.1, -0.05) is 54.7 Å². The monoisotopic (exact) mass is 388 g/mol. The largest absolute Gasteiger partial charge is 0.494 e. The SMILES string of the molecule is CCCCOc1ccc(/C=C(\C#N)C(=O)Nc2cccc(Cl)c2Cl)cc1. The quantitative estimate of drug-likeness (QED) is 0.374. The predicted octanol–water partition coefficient (Wildman–Crippen LogP) is 5.72. The summed E-state index contributed by atoms with van der Waals surface area (Å²) in [5.41, 5.74) is 1.03. The van der Waals surface area contributed by atoms with Crippen LogP contribution < -0.4 is 10.1 Å². The molecule has 0 aliphatic rings. The molecule has 0 aliphatic heterocycles. The van der Waals surface area contributed by atoms with E-state index in [-0.39, 0.29) is 10.6 Å². The molecule has 1 amide bonds. The van der Waals surface area contributed by atoms with Crippen molar-refractivity contribution in [1.82, 2.24) is 0 Å².